The second-order valence-corrected chi connectivity index (χ2v) is 7.15. The van der Waals surface area contributed by atoms with Crippen molar-refractivity contribution in [2.45, 2.75) is 50.0 Å². The van der Waals surface area contributed by atoms with Crippen LogP contribution in [-0.2, 0) is 11.8 Å². The van der Waals surface area contributed by atoms with Crippen LogP contribution in [0.25, 0.3) is 0 Å². The molecule has 1 aromatic carbocycles. The van der Waals surface area contributed by atoms with Crippen molar-refractivity contribution in [1.82, 2.24) is 4.90 Å². The zero-order valence-electron chi connectivity index (χ0n) is 12.7. The molecule has 1 N–H and O–H groups in total. The van der Waals surface area contributed by atoms with Crippen LogP contribution in [0.1, 0.15) is 43.2 Å². The number of rotatable bonds is 2. The average Bonchev–Trinajstić information content (AvgIpc) is 2.51. The molecule has 2 bridgehead atoms. The van der Waals surface area contributed by atoms with E-state index in [2.05, 4.69) is 29.7 Å². The minimum atomic E-state index is 0.340. The number of likely N-dealkylation sites (tertiary alicyclic amines) is 1. The van der Waals surface area contributed by atoms with E-state index >= 15 is 0 Å². The number of phenolic OH excluding ortho intramolecular Hbond substituents is 1. The van der Waals surface area contributed by atoms with E-state index < -0.39 is 0 Å². The number of benzene rings is 1. The molecule has 0 spiro atoms. The van der Waals surface area contributed by atoms with Crippen LogP contribution >= 0.6 is 0 Å². The third-order valence-corrected chi connectivity index (χ3v) is 6.30. The van der Waals surface area contributed by atoms with Crippen LogP contribution < -0.4 is 0 Å². The molecule has 1 heterocycles. The van der Waals surface area contributed by atoms with Gasteiger partial charge in [-0.3, -0.25) is 4.90 Å². The molecular formula is C19H25NO. The number of fused-ring (bicyclic) bond motifs is 1. The summed E-state index contributed by atoms with van der Waals surface area (Å²) < 4.78 is 0. The Morgan fingerprint density at radius 1 is 1.33 bits per heavy atom. The molecule has 2 nitrogen and oxygen atoms in total. The van der Waals surface area contributed by atoms with Crippen LogP contribution in [0, 0.1) is 5.92 Å². The highest BCUT2D eigenvalue weighted by Crippen LogP contribution is 2.56. The first-order valence-electron chi connectivity index (χ1n) is 8.42. The summed E-state index contributed by atoms with van der Waals surface area (Å²) in [6, 6.07) is 6.79. The normalized spacial score (nSPS) is 34.9. The van der Waals surface area contributed by atoms with E-state index in [0.29, 0.717) is 17.2 Å². The maximum atomic E-state index is 9.98. The van der Waals surface area contributed by atoms with Crippen molar-refractivity contribution in [3.8, 4) is 5.75 Å². The fourth-order valence-electron chi connectivity index (χ4n) is 5.47. The summed E-state index contributed by atoms with van der Waals surface area (Å²) in [6.45, 7) is 6.15. The Morgan fingerprint density at radius 2 is 2.24 bits per heavy atom. The fourth-order valence-corrected chi connectivity index (χ4v) is 5.47. The molecule has 1 aliphatic heterocycles. The van der Waals surface area contributed by atoms with Gasteiger partial charge in [-0.05, 0) is 61.4 Å². The van der Waals surface area contributed by atoms with Gasteiger partial charge in [0, 0.05) is 18.0 Å². The summed E-state index contributed by atoms with van der Waals surface area (Å²) in [5, 5.41) is 9.98. The first-order valence-corrected chi connectivity index (χ1v) is 8.42. The summed E-state index contributed by atoms with van der Waals surface area (Å²) >= 11 is 0. The van der Waals surface area contributed by atoms with Gasteiger partial charge in [0.15, 0.2) is 0 Å². The highest BCUT2D eigenvalue weighted by molar-refractivity contribution is 5.45. The molecule has 112 valence electrons. The summed E-state index contributed by atoms with van der Waals surface area (Å²) in [5.74, 6) is 1.22. The molecule has 0 amide bonds. The smallest absolute Gasteiger partial charge is 0.115 e. The summed E-state index contributed by atoms with van der Waals surface area (Å²) in [7, 11) is 0. The molecule has 1 unspecified atom stereocenters. The van der Waals surface area contributed by atoms with Crippen molar-refractivity contribution in [3.05, 3.63) is 42.0 Å². The monoisotopic (exact) mass is 283 g/mol. The maximum absolute atomic E-state index is 9.98. The molecular weight excluding hydrogens is 258 g/mol. The third-order valence-electron chi connectivity index (χ3n) is 6.30. The second-order valence-electron chi connectivity index (χ2n) is 7.15. The Bertz CT molecular complexity index is 567. The molecule has 4 rings (SSSR count). The molecule has 3 atom stereocenters. The SMILES string of the molecule is C=CCN1CC[C@]23CCCC[C@H]2C1Cc1ccc(O)cc13. The first-order chi connectivity index (χ1) is 10.2. The molecule has 1 saturated heterocycles. The summed E-state index contributed by atoms with van der Waals surface area (Å²) in [5.41, 5.74) is 3.29. The van der Waals surface area contributed by atoms with E-state index in [-0.39, 0.29) is 0 Å². The number of aromatic hydroxyl groups is 1. The van der Waals surface area contributed by atoms with Crippen LogP contribution in [0.15, 0.2) is 30.9 Å². The third kappa shape index (κ3) is 1.88. The van der Waals surface area contributed by atoms with Crippen molar-refractivity contribution in [1.29, 1.82) is 0 Å². The second kappa shape index (κ2) is 4.88. The van der Waals surface area contributed by atoms with Crippen LogP contribution in [0.4, 0.5) is 0 Å². The molecule has 1 aromatic rings. The standard InChI is InChI=1S/C19H25NO/c1-2-10-20-11-9-19-8-4-3-5-16(19)18(20)12-14-6-7-15(21)13-17(14)19/h2,6-7,13,16,18,21H,1,3-5,8-12H2/t16-,18?,19+/m0/s1. The molecule has 1 saturated carbocycles. The van der Waals surface area contributed by atoms with Gasteiger partial charge in [0.2, 0.25) is 0 Å². The van der Waals surface area contributed by atoms with Crippen LogP contribution in [-0.4, -0.2) is 29.1 Å². The lowest BCUT2D eigenvalue weighted by Crippen LogP contribution is -2.60. The number of hydrogen-bond donors (Lipinski definition) is 1. The minimum Gasteiger partial charge on any atom is -0.508 e. The molecule has 0 radical (unpaired) electrons. The lowest BCUT2D eigenvalue weighted by Gasteiger charge is -2.59. The predicted molar refractivity (Wildman–Crippen MR) is 85.6 cm³/mol. The highest BCUT2D eigenvalue weighted by Gasteiger charge is 2.53. The minimum absolute atomic E-state index is 0.340. The van der Waals surface area contributed by atoms with Gasteiger partial charge in [-0.25, -0.2) is 0 Å². The molecule has 2 fully saturated rings. The van der Waals surface area contributed by atoms with E-state index in [1.807, 2.05) is 6.07 Å². The zero-order chi connectivity index (χ0) is 14.4. The van der Waals surface area contributed by atoms with Crippen molar-refractivity contribution in [2.24, 2.45) is 5.92 Å². The Morgan fingerprint density at radius 3 is 3.10 bits per heavy atom. The van der Waals surface area contributed by atoms with Crippen LogP contribution in [0.2, 0.25) is 0 Å². The van der Waals surface area contributed by atoms with Crippen LogP contribution in [0.3, 0.4) is 0 Å². The van der Waals surface area contributed by atoms with Gasteiger partial charge in [0.1, 0.15) is 5.75 Å². The molecule has 2 aliphatic carbocycles. The number of phenols is 1. The molecule has 0 aromatic heterocycles. The van der Waals surface area contributed by atoms with Crippen molar-refractivity contribution >= 4 is 0 Å². The van der Waals surface area contributed by atoms with Gasteiger partial charge in [-0.15, -0.1) is 6.58 Å². The quantitative estimate of drug-likeness (QED) is 0.838. The number of piperidine rings is 1. The average molecular weight is 283 g/mol. The largest absolute Gasteiger partial charge is 0.508 e. The lowest BCUT2D eigenvalue weighted by molar-refractivity contribution is -0.00517. The van der Waals surface area contributed by atoms with Gasteiger partial charge >= 0.3 is 0 Å². The van der Waals surface area contributed by atoms with Crippen molar-refractivity contribution in [3.63, 3.8) is 0 Å². The Labute approximate surface area is 127 Å². The number of nitrogens with zero attached hydrogens (tertiary/aromatic N) is 1. The van der Waals surface area contributed by atoms with Gasteiger partial charge in [0.05, 0.1) is 0 Å². The predicted octanol–water partition coefficient (Wildman–Crippen LogP) is 3.64. The first kappa shape index (κ1) is 13.4. The topological polar surface area (TPSA) is 23.5 Å². The molecule has 2 heteroatoms. The van der Waals surface area contributed by atoms with Crippen LogP contribution in [0.5, 0.6) is 5.75 Å². The maximum Gasteiger partial charge on any atom is 0.115 e. The highest BCUT2D eigenvalue weighted by atomic mass is 16.3. The Balaban J connectivity index is 1.83. The van der Waals surface area contributed by atoms with E-state index in [1.165, 1.54) is 49.8 Å². The van der Waals surface area contributed by atoms with Gasteiger partial charge in [0.25, 0.3) is 0 Å². The molecule has 3 aliphatic rings. The number of hydrogen-bond acceptors (Lipinski definition) is 2. The Kier molecular flexibility index (Phi) is 3.11. The van der Waals surface area contributed by atoms with E-state index in [0.717, 1.165) is 18.9 Å². The molecule has 21 heavy (non-hydrogen) atoms. The van der Waals surface area contributed by atoms with Crippen molar-refractivity contribution < 1.29 is 5.11 Å². The summed E-state index contributed by atoms with van der Waals surface area (Å²) in [6.07, 6.45) is 9.84. The lowest BCUT2D eigenvalue weighted by atomic mass is 9.52. The van der Waals surface area contributed by atoms with Gasteiger partial charge in [-0.2, -0.15) is 0 Å². The zero-order valence-corrected chi connectivity index (χ0v) is 12.7. The summed E-state index contributed by atoms with van der Waals surface area (Å²) in [4.78, 5) is 2.65. The fraction of sp³-hybridized carbons (Fsp3) is 0.579. The van der Waals surface area contributed by atoms with E-state index in [9.17, 15) is 5.11 Å². The van der Waals surface area contributed by atoms with Gasteiger partial charge in [-0.1, -0.05) is 25.0 Å². The Hall–Kier alpha value is -1.28. The van der Waals surface area contributed by atoms with Crippen molar-refractivity contribution in [2.75, 3.05) is 13.1 Å². The van der Waals surface area contributed by atoms with E-state index in [4.69, 9.17) is 0 Å². The van der Waals surface area contributed by atoms with Gasteiger partial charge < -0.3 is 5.11 Å². The van der Waals surface area contributed by atoms with E-state index in [1.54, 1.807) is 0 Å².